The molecular weight excluding hydrogens is 409 g/mol. The first-order valence-corrected chi connectivity index (χ1v) is 11.3. The lowest BCUT2D eigenvalue weighted by atomic mass is 10.1. The molecule has 0 heterocycles. The molecule has 1 atom stereocenters. The van der Waals surface area contributed by atoms with Crippen LogP contribution in [0.4, 0.5) is 15.8 Å². The van der Waals surface area contributed by atoms with Crippen LogP contribution < -0.4 is 14.9 Å². The molecule has 0 aliphatic heterocycles. The molecule has 2 rings (SSSR count). The van der Waals surface area contributed by atoms with E-state index in [2.05, 4.69) is 10.6 Å². The smallest absolute Gasteiger partial charge is 0.253 e. The molecule has 2 aromatic carbocycles. The summed E-state index contributed by atoms with van der Waals surface area (Å²) in [5.41, 5.74) is 0.694. The summed E-state index contributed by atoms with van der Waals surface area (Å²) in [5.74, 6) is -1.24. The van der Waals surface area contributed by atoms with E-state index in [1.807, 2.05) is 13.8 Å². The second kappa shape index (κ2) is 9.71. The van der Waals surface area contributed by atoms with Gasteiger partial charge in [0.25, 0.3) is 5.91 Å². The number of carbonyl (C=O) groups is 2. The number of para-hydroxylation sites is 1. The summed E-state index contributed by atoms with van der Waals surface area (Å²) < 4.78 is 38.8. The Morgan fingerprint density at radius 3 is 2.20 bits per heavy atom. The number of amides is 2. The molecule has 7 nitrogen and oxygen atoms in total. The zero-order chi connectivity index (χ0) is 22.5. The van der Waals surface area contributed by atoms with E-state index in [0.717, 1.165) is 22.7 Å². The second-order valence-electron chi connectivity index (χ2n) is 7.35. The SMILES string of the molecule is CC(C)CNC(=O)c1ccccc1NC(=O)C(C)N(c1ccc(F)cc1)S(C)(=O)=O. The number of halogens is 1. The number of sulfonamides is 1. The minimum Gasteiger partial charge on any atom is -0.352 e. The number of nitrogens with one attached hydrogen (secondary N) is 2. The number of nitrogens with zero attached hydrogens (tertiary/aromatic N) is 1. The Balaban J connectivity index is 2.28. The van der Waals surface area contributed by atoms with Gasteiger partial charge in [0, 0.05) is 6.54 Å². The van der Waals surface area contributed by atoms with Crippen LogP contribution in [0.2, 0.25) is 0 Å². The van der Waals surface area contributed by atoms with Gasteiger partial charge in [0.05, 0.1) is 23.2 Å². The summed E-state index contributed by atoms with van der Waals surface area (Å²) in [7, 11) is -3.84. The summed E-state index contributed by atoms with van der Waals surface area (Å²) in [5, 5.41) is 5.42. The number of rotatable bonds is 8. The summed E-state index contributed by atoms with van der Waals surface area (Å²) in [4.78, 5) is 25.3. The Morgan fingerprint density at radius 2 is 1.63 bits per heavy atom. The average Bonchev–Trinajstić information content (AvgIpc) is 2.67. The van der Waals surface area contributed by atoms with Gasteiger partial charge in [-0.15, -0.1) is 0 Å². The molecule has 9 heteroatoms. The van der Waals surface area contributed by atoms with Gasteiger partial charge in [-0.3, -0.25) is 13.9 Å². The van der Waals surface area contributed by atoms with E-state index in [1.54, 1.807) is 24.3 Å². The van der Waals surface area contributed by atoms with Crippen molar-refractivity contribution in [3.05, 3.63) is 59.9 Å². The van der Waals surface area contributed by atoms with Crippen molar-refractivity contribution in [2.24, 2.45) is 5.92 Å². The lowest BCUT2D eigenvalue weighted by Gasteiger charge is -2.28. The largest absolute Gasteiger partial charge is 0.352 e. The van der Waals surface area contributed by atoms with Gasteiger partial charge in [0.1, 0.15) is 11.9 Å². The molecule has 2 N–H and O–H groups in total. The predicted molar refractivity (Wildman–Crippen MR) is 115 cm³/mol. The zero-order valence-electron chi connectivity index (χ0n) is 17.3. The Kier molecular flexibility index (Phi) is 7.55. The van der Waals surface area contributed by atoms with Gasteiger partial charge in [-0.05, 0) is 49.2 Å². The molecule has 0 aliphatic rings. The van der Waals surface area contributed by atoms with Crippen LogP contribution in [0, 0.1) is 11.7 Å². The maximum absolute atomic E-state index is 13.2. The molecule has 1 unspecified atom stereocenters. The van der Waals surface area contributed by atoms with Crippen LogP contribution in [0.15, 0.2) is 48.5 Å². The molecule has 0 bridgehead atoms. The average molecular weight is 436 g/mol. The number of hydrogen-bond acceptors (Lipinski definition) is 4. The van der Waals surface area contributed by atoms with Gasteiger partial charge in [0.2, 0.25) is 15.9 Å². The van der Waals surface area contributed by atoms with E-state index >= 15 is 0 Å². The minimum absolute atomic E-state index is 0.157. The van der Waals surface area contributed by atoms with Crippen LogP contribution in [-0.4, -0.2) is 39.1 Å². The summed E-state index contributed by atoms with van der Waals surface area (Å²) >= 11 is 0. The third-order valence-corrected chi connectivity index (χ3v) is 5.51. The molecule has 2 aromatic rings. The fourth-order valence-electron chi connectivity index (χ4n) is 2.82. The number of anilines is 2. The first-order chi connectivity index (χ1) is 14.0. The highest BCUT2D eigenvalue weighted by Gasteiger charge is 2.29. The Labute approximate surface area is 176 Å². The van der Waals surface area contributed by atoms with Crippen molar-refractivity contribution in [2.75, 3.05) is 22.4 Å². The van der Waals surface area contributed by atoms with Crippen molar-refractivity contribution >= 4 is 33.2 Å². The van der Waals surface area contributed by atoms with Crippen molar-refractivity contribution in [3.8, 4) is 0 Å². The van der Waals surface area contributed by atoms with Gasteiger partial charge >= 0.3 is 0 Å². The van der Waals surface area contributed by atoms with E-state index in [4.69, 9.17) is 0 Å². The van der Waals surface area contributed by atoms with Crippen molar-refractivity contribution < 1.29 is 22.4 Å². The van der Waals surface area contributed by atoms with Crippen molar-refractivity contribution in [1.82, 2.24) is 5.32 Å². The normalized spacial score (nSPS) is 12.3. The quantitative estimate of drug-likeness (QED) is 0.666. The van der Waals surface area contributed by atoms with Crippen molar-refractivity contribution in [2.45, 2.75) is 26.8 Å². The highest BCUT2D eigenvalue weighted by molar-refractivity contribution is 7.92. The second-order valence-corrected chi connectivity index (χ2v) is 9.21. The molecule has 0 radical (unpaired) electrons. The van der Waals surface area contributed by atoms with E-state index in [9.17, 15) is 22.4 Å². The van der Waals surface area contributed by atoms with Crippen LogP contribution in [0.25, 0.3) is 0 Å². The molecule has 0 saturated heterocycles. The topological polar surface area (TPSA) is 95.6 Å². The highest BCUT2D eigenvalue weighted by atomic mass is 32.2. The zero-order valence-corrected chi connectivity index (χ0v) is 18.2. The molecule has 30 heavy (non-hydrogen) atoms. The molecular formula is C21H26FN3O4S. The lowest BCUT2D eigenvalue weighted by molar-refractivity contribution is -0.116. The maximum Gasteiger partial charge on any atom is 0.253 e. The van der Waals surface area contributed by atoms with Gasteiger partial charge < -0.3 is 10.6 Å². The van der Waals surface area contributed by atoms with E-state index in [0.29, 0.717) is 6.54 Å². The Bertz CT molecular complexity index is 1010. The summed E-state index contributed by atoms with van der Waals surface area (Å²) in [6, 6.07) is 10.1. The molecule has 0 spiro atoms. The van der Waals surface area contributed by atoms with E-state index < -0.39 is 27.8 Å². The first kappa shape index (κ1) is 23.3. The molecule has 0 saturated carbocycles. The standard InChI is InChI=1S/C21H26FN3O4S/c1-14(2)13-23-21(27)18-7-5-6-8-19(18)24-20(26)15(3)25(30(4,28)29)17-11-9-16(22)10-12-17/h5-12,14-15H,13H2,1-4H3,(H,23,27)(H,24,26). The van der Waals surface area contributed by atoms with Crippen LogP contribution in [-0.2, 0) is 14.8 Å². The first-order valence-electron chi connectivity index (χ1n) is 9.43. The summed E-state index contributed by atoms with van der Waals surface area (Å²) in [6.45, 7) is 5.82. The fourth-order valence-corrected chi connectivity index (χ4v) is 3.99. The third-order valence-electron chi connectivity index (χ3n) is 4.27. The number of benzene rings is 2. The molecule has 0 fully saturated rings. The molecule has 2 amide bonds. The monoisotopic (exact) mass is 435 g/mol. The van der Waals surface area contributed by atoms with Crippen molar-refractivity contribution in [1.29, 1.82) is 0 Å². The number of carbonyl (C=O) groups excluding carboxylic acids is 2. The molecule has 0 aromatic heterocycles. The Morgan fingerprint density at radius 1 is 1.03 bits per heavy atom. The number of hydrogen-bond donors (Lipinski definition) is 2. The molecule has 162 valence electrons. The van der Waals surface area contributed by atoms with Gasteiger partial charge in [0.15, 0.2) is 0 Å². The summed E-state index contributed by atoms with van der Waals surface area (Å²) in [6.07, 6.45) is 0.966. The fraction of sp³-hybridized carbons (Fsp3) is 0.333. The van der Waals surface area contributed by atoms with Crippen LogP contribution in [0.5, 0.6) is 0 Å². The van der Waals surface area contributed by atoms with Crippen molar-refractivity contribution in [3.63, 3.8) is 0 Å². The van der Waals surface area contributed by atoms with Crippen LogP contribution in [0.3, 0.4) is 0 Å². The third kappa shape index (κ3) is 6.03. The van der Waals surface area contributed by atoms with Gasteiger partial charge in [-0.25, -0.2) is 12.8 Å². The van der Waals surface area contributed by atoms with E-state index in [1.165, 1.54) is 19.1 Å². The minimum atomic E-state index is -3.84. The van der Waals surface area contributed by atoms with Crippen LogP contribution >= 0.6 is 0 Å². The van der Waals surface area contributed by atoms with Crippen LogP contribution in [0.1, 0.15) is 31.1 Å². The van der Waals surface area contributed by atoms with Gasteiger partial charge in [-0.2, -0.15) is 0 Å². The highest BCUT2D eigenvalue weighted by Crippen LogP contribution is 2.23. The van der Waals surface area contributed by atoms with Gasteiger partial charge in [-0.1, -0.05) is 26.0 Å². The Hall–Kier alpha value is -2.94. The maximum atomic E-state index is 13.2. The van der Waals surface area contributed by atoms with E-state index in [-0.39, 0.29) is 28.8 Å². The predicted octanol–water partition coefficient (Wildman–Crippen LogP) is 3.00. The molecule has 0 aliphatic carbocycles. The lowest BCUT2D eigenvalue weighted by Crippen LogP contribution is -2.45.